The van der Waals surface area contributed by atoms with Gasteiger partial charge in [-0.1, -0.05) is 74.5 Å². The number of nitrogens with one attached hydrogen (secondary N) is 8. The molecule has 0 spiro atoms. The molecule has 32 heteroatoms. The van der Waals surface area contributed by atoms with Crippen LogP contribution in [0.4, 0.5) is 0 Å². The minimum Gasteiger partial charge on any atom is -0.370 e. The summed E-state index contributed by atoms with van der Waals surface area (Å²) < 4.78 is 0. The highest BCUT2D eigenvalue weighted by molar-refractivity contribution is 7.98. The van der Waals surface area contributed by atoms with Gasteiger partial charge in [-0.25, -0.2) is 0 Å². The highest BCUT2D eigenvalue weighted by Crippen LogP contribution is 2.24. The van der Waals surface area contributed by atoms with E-state index in [2.05, 4.69) is 47.5 Å². The van der Waals surface area contributed by atoms with Gasteiger partial charge < -0.3 is 92.5 Å². The van der Waals surface area contributed by atoms with Crippen molar-refractivity contribution in [1.29, 1.82) is 0 Å². The number of carbonyl (C=O) groups is 13. The number of aliphatic imine (C=N–C) groups is 1. The number of rotatable bonds is 42. The van der Waals surface area contributed by atoms with Gasteiger partial charge in [-0.05, 0) is 119 Å². The third-order valence-corrected chi connectivity index (χ3v) is 16.7. The van der Waals surface area contributed by atoms with Crippen molar-refractivity contribution >= 4 is 94.5 Å². The van der Waals surface area contributed by atoms with Gasteiger partial charge in [-0.3, -0.25) is 67.3 Å². The van der Waals surface area contributed by atoms with Crippen LogP contribution in [0.3, 0.4) is 0 Å². The Hall–Kier alpha value is -8.91. The van der Waals surface area contributed by atoms with Gasteiger partial charge in [0.25, 0.3) is 0 Å². The van der Waals surface area contributed by atoms with Crippen molar-refractivity contribution in [1.82, 2.24) is 52.3 Å². The number of likely N-dealkylation sites (tertiary alicyclic amines) is 2. The first-order valence-electron chi connectivity index (χ1n) is 32.2. The molecule has 0 aromatic heterocycles. The Balaban J connectivity index is 1.56. The quantitative estimate of drug-likeness (QED) is 0.0173. The van der Waals surface area contributed by atoms with Gasteiger partial charge in [0, 0.05) is 45.3 Å². The Morgan fingerprint density at radius 1 is 0.537 bits per heavy atom. The normalized spacial score (nSPS) is 16.8. The maximum Gasteiger partial charge on any atom is 0.245 e. The Bertz CT molecular complexity index is 2960. The fraction of sp³-hybridized carbons (Fsp3) is 0.587. The van der Waals surface area contributed by atoms with Crippen LogP contribution in [0.2, 0.25) is 0 Å². The van der Waals surface area contributed by atoms with Crippen LogP contribution in [-0.2, 0) is 75.2 Å². The summed E-state index contributed by atoms with van der Waals surface area (Å²) in [5, 5.41) is 21.1. The second-order valence-corrected chi connectivity index (χ2v) is 25.1. The van der Waals surface area contributed by atoms with Crippen LogP contribution in [0.25, 0.3) is 0 Å². The highest BCUT2D eigenvalue weighted by Gasteiger charge is 2.42. The minimum absolute atomic E-state index is 0.0736. The Morgan fingerprint density at radius 3 is 1.51 bits per heavy atom. The summed E-state index contributed by atoms with van der Waals surface area (Å²) in [4.78, 5) is 185. The van der Waals surface area contributed by atoms with E-state index in [1.165, 1.54) is 21.6 Å². The molecule has 2 heterocycles. The van der Waals surface area contributed by atoms with E-state index in [4.69, 9.17) is 40.1 Å². The Morgan fingerprint density at radius 2 is 1.01 bits per heavy atom. The molecular weight excluding hydrogens is 1250 g/mol. The molecule has 22 N–H and O–H groups in total. The average Bonchev–Trinajstić information content (AvgIpc) is 1.74. The van der Waals surface area contributed by atoms with Crippen LogP contribution >= 0.6 is 11.8 Å². The van der Waals surface area contributed by atoms with Gasteiger partial charge in [0.15, 0.2) is 5.96 Å². The molecule has 0 saturated carbocycles. The number of hydrogen-bond donors (Lipinski definition) is 15. The molecule has 95 heavy (non-hydrogen) atoms. The number of carbonyl (C=O) groups excluding carboxylic acids is 13. The van der Waals surface area contributed by atoms with Crippen LogP contribution in [0.5, 0.6) is 0 Å². The molecule has 2 fully saturated rings. The number of unbranched alkanes of at least 4 members (excludes halogenated alkanes) is 1. The molecule has 0 radical (unpaired) electrons. The van der Waals surface area contributed by atoms with Crippen molar-refractivity contribution < 1.29 is 62.3 Å². The lowest BCUT2D eigenvalue weighted by molar-refractivity contribution is -0.144. The van der Waals surface area contributed by atoms with E-state index in [0.717, 1.165) is 0 Å². The van der Waals surface area contributed by atoms with E-state index in [1.54, 1.807) is 60.7 Å². The predicted octanol–water partition coefficient (Wildman–Crippen LogP) is -3.71. The van der Waals surface area contributed by atoms with E-state index >= 15 is 0 Å². The number of guanidine groups is 1. The maximum atomic E-state index is 14.7. The van der Waals surface area contributed by atoms with Gasteiger partial charge in [0.2, 0.25) is 76.8 Å². The van der Waals surface area contributed by atoms with Crippen LogP contribution in [-0.4, -0.2) is 198 Å². The third kappa shape index (κ3) is 27.5. The van der Waals surface area contributed by atoms with Gasteiger partial charge in [-0.15, -0.1) is 0 Å². The fourth-order valence-corrected chi connectivity index (χ4v) is 11.5. The molecule has 2 aliphatic rings. The molecular formula is C63H98N18O13S. The number of amides is 13. The summed E-state index contributed by atoms with van der Waals surface area (Å²) in [5.74, 6) is -9.80. The number of nitrogens with two attached hydrogens (primary N) is 7. The third-order valence-electron chi connectivity index (χ3n) is 16.0. The largest absolute Gasteiger partial charge is 0.370 e. The van der Waals surface area contributed by atoms with Crippen molar-refractivity contribution in [2.24, 2.45) is 51.0 Å². The Kier molecular flexibility index (Phi) is 33.9. The summed E-state index contributed by atoms with van der Waals surface area (Å²) in [6, 6.07) is 4.51. The summed E-state index contributed by atoms with van der Waals surface area (Å²) in [6.07, 6.45) is 3.12. The zero-order chi connectivity index (χ0) is 70.1. The predicted molar refractivity (Wildman–Crippen MR) is 356 cm³/mol. The second-order valence-electron chi connectivity index (χ2n) is 24.1. The molecule has 0 aliphatic carbocycles. The fourth-order valence-electron chi connectivity index (χ4n) is 11.0. The topological polar surface area (TPSA) is 519 Å². The zero-order valence-corrected chi connectivity index (χ0v) is 55.3. The minimum atomic E-state index is -1.64. The van der Waals surface area contributed by atoms with Crippen molar-refractivity contribution in [3.05, 3.63) is 71.8 Å². The summed E-state index contributed by atoms with van der Waals surface area (Å²) in [7, 11) is 0. The molecule has 10 atom stereocenters. The standard InChI is InChI=1S/C63H98N18O13S/c1-37(2)33-45(57(89)74-41(53(68)85)27-32-95-3)73-52(84)36-72-54(86)46(34-38-15-6-4-7-16-38)78-58(90)47(35-39-17-8-5-9-18-39)79-56(88)42(23-25-50(66)82)75-55(87)43(24-26-51(67)83)76-59(91)49-22-14-31-81(49)62(94)44(20-10-11-28-64)77-60(92)48-21-13-30-80(48)61(93)40(65)19-12-29-71-63(69)70/h4-9,15-18,37,40-49H,10-14,19-36,64-65H2,1-3H3,(H2,66,82)(H2,67,83)(H2,68,85)(H,72,86)(H,73,84)(H,74,89)(H,75,87)(H,76,91)(H,77,92)(H,78,90)(H,79,88)(H4,69,70,71)/t40-,41+,42+,43+,44+,45-,46-,47+,48-,49-/m1/s1. The number of nitrogens with zero attached hydrogens (tertiary/aromatic N) is 3. The van der Waals surface area contributed by atoms with E-state index in [9.17, 15) is 62.3 Å². The highest BCUT2D eigenvalue weighted by atomic mass is 32.2. The lowest BCUT2D eigenvalue weighted by atomic mass is 10.0. The lowest BCUT2D eigenvalue weighted by Gasteiger charge is -2.32. The van der Waals surface area contributed by atoms with Crippen LogP contribution in [0.15, 0.2) is 65.7 Å². The maximum absolute atomic E-state index is 14.7. The number of thioether (sulfide) groups is 1. The molecule has 0 unspecified atom stereocenters. The second kappa shape index (κ2) is 41.0. The zero-order valence-electron chi connectivity index (χ0n) is 54.5. The number of primary amides is 3. The van der Waals surface area contributed by atoms with Crippen molar-refractivity contribution in [2.45, 2.75) is 183 Å². The van der Waals surface area contributed by atoms with Crippen LogP contribution in [0, 0.1) is 5.92 Å². The molecule has 2 aromatic rings. The van der Waals surface area contributed by atoms with Gasteiger partial charge in [0.1, 0.15) is 54.4 Å². The SMILES string of the molecule is CSCC[C@H](NC(=O)[C@@H](CC(C)C)NC(=O)CNC(=O)[C@@H](Cc1ccccc1)NC(=O)[C@H](Cc1ccccc1)NC(=O)[C@H](CCC(N)=O)NC(=O)[C@H](CCC(N)=O)NC(=O)[C@H]1CCCN1C(=O)[C@H](CCCCN)NC(=O)[C@H]1CCCN1C(=O)[C@H](N)CCCN=C(N)N)C(N)=O. The van der Waals surface area contributed by atoms with Crippen molar-refractivity contribution in [3.8, 4) is 0 Å². The van der Waals surface area contributed by atoms with Crippen LogP contribution in [0.1, 0.15) is 121 Å². The molecule has 524 valence electrons. The first kappa shape index (κ1) is 78.5. The molecule has 2 saturated heterocycles. The molecule has 31 nitrogen and oxygen atoms in total. The number of hydrogen-bond acceptors (Lipinski definition) is 17. The molecule has 2 aromatic carbocycles. The van der Waals surface area contributed by atoms with Gasteiger partial charge in [-0.2, -0.15) is 11.8 Å². The summed E-state index contributed by atoms with van der Waals surface area (Å²) >= 11 is 1.45. The molecule has 0 bridgehead atoms. The van der Waals surface area contributed by atoms with E-state index in [1.807, 2.05) is 20.1 Å². The van der Waals surface area contributed by atoms with Crippen LogP contribution < -0.4 is 82.7 Å². The molecule has 4 rings (SSSR count). The van der Waals surface area contributed by atoms with Crippen molar-refractivity contribution in [2.75, 3.05) is 44.7 Å². The first-order valence-corrected chi connectivity index (χ1v) is 33.6. The Labute approximate surface area is 558 Å². The lowest BCUT2D eigenvalue weighted by Crippen LogP contribution is -2.60. The monoisotopic (exact) mass is 1350 g/mol. The van der Waals surface area contributed by atoms with Gasteiger partial charge in [0.05, 0.1) is 12.6 Å². The number of benzene rings is 2. The summed E-state index contributed by atoms with van der Waals surface area (Å²) in [6.45, 7) is 3.86. The smallest absolute Gasteiger partial charge is 0.245 e. The van der Waals surface area contributed by atoms with E-state index in [-0.39, 0.29) is 83.0 Å². The van der Waals surface area contributed by atoms with Crippen molar-refractivity contribution in [3.63, 3.8) is 0 Å². The van der Waals surface area contributed by atoms with E-state index in [0.29, 0.717) is 55.4 Å². The van der Waals surface area contributed by atoms with E-state index < -0.39 is 169 Å². The van der Waals surface area contributed by atoms with Gasteiger partial charge >= 0.3 is 0 Å². The molecule has 13 amide bonds. The summed E-state index contributed by atoms with van der Waals surface area (Å²) in [5.41, 5.74) is 40.6. The molecule has 2 aliphatic heterocycles. The average molecular weight is 1350 g/mol. The first-order chi connectivity index (χ1) is 45.2.